The first kappa shape index (κ1) is 37.3. The third kappa shape index (κ3) is 6.44. The molecule has 1 heterocycles. The van der Waals surface area contributed by atoms with Crippen molar-refractivity contribution in [2.24, 2.45) is 0 Å². The molecule has 0 aliphatic heterocycles. The Morgan fingerprint density at radius 2 is 0.594 bits per heavy atom. The third-order valence-corrected chi connectivity index (χ3v) is 12.8. The Balaban J connectivity index is 0.921. The zero-order chi connectivity index (χ0) is 42.4. The number of nitrogens with zero attached hydrogens (tertiary/aromatic N) is 2. The predicted octanol–water partition coefficient (Wildman–Crippen LogP) is 17.2. The van der Waals surface area contributed by atoms with Crippen molar-refractivity contribution in [2.75, 3.05) is 4.90 Å². The first-order chi connectivity index (χ1) is 31.8. The van der Waals surface area contributed by atoms with Crippen molar-refractivity contribution in [3.8, 4) is 50.2 Å². The van der Waals surface area contributed by atoms with Gasteiger partial charge in [-0.15, -0.1) is 0 Å². The van der Waals surface area contributed by atoms with Gasteiger partial charge in [-0.05, 0) is 133 Å². The highest BCUT2D eigenvalue weighted by Crippen LogP contribution is 2.45. The molecule has 0 amide bonds. The molecule has 0 aliphatic rings. The Morgan fingerprint density at radius 1 is 0.234 bits per heavy atom. The van der Waals surface area contributed by atoms with E-state index < -0.39 is 0 Å². The summed E-state index contributed by atoms with van der Waals surface area (Å²) >= 11 is 0. The van der Waals surface area contributed by atoms with Crippen LogP contribution in [0.2, 0.25) is 0 Å². The van der Waals surface area contributed by atoms with Gasteiger partial charge in [0.1, 0.15) is 0 Å². The van der Waals surface area contributed by atoms with Crippen molar-refractivity contribution in [1.82, 2.24) is 4.57 Å². The fourth-order valence-electron chi connectivity index (χ4n) is 9.82. The van der Waals surface area contributed by atoms with Gasteiger partial charge in [-0.3, -0.25) is 0 Å². The van der Waals surface area contributed by atoms with E-state index in [1.54, 1.807) is 0 Å². The maximum Gasteiger partial charge on any atom is 0.0541 e. The van der Waals surface area contributed by atoms with Gasteiger partial charge in [0.05, 0.1) is 11.0 Å². The second-order valence-electron chi connectivity index (χ2n) is 16.5. The van der Waals surface area contributed by atoms with Crippen LogP contribution >= 0.6 is 0 Å². The lowest BCUT2D eigenvalue weighted by Crippen LogP contribution is -2.09. The molecule has 1 aromatic heterocycles. The quantitative estimate of drug-likeness (QED) is 0.139. The summed E-state index contributed by atoms with van der Waals surface area (Å²) in [6.07, 6.45) is 0. The highest BCUT2D eigenvalue weighted by Gasteiger charge is 2.19. The van der Waals surface area contributed by atoms with Crippen molar-refractivity contribution in [2.45, 2.75) is 0 Å². The Morgan fingerprint density at radius 3 is 1.14 bits per heavy atom. The van der Waals surface area contributed by atoms with Gasteiger partial charge in [-0.25, -0.2) is 0 Å². The number of aromatic nitrogens is 1. The summed E-state index contributed by atoms with van der Waals surface area (Å²) in [4.78, 5) is 2.30. The Hall–Kier alpha value is -8.46. The molecule has 0 N–H and O–H groups in total. The molecule has 11 aromatic carbocycles. The number of rotatable bonds is 8. The summed E-state index contributed by atoms with van der Waals surface area (Å²) < 4.78 is 2.41. The van der Waals surface area contributed by atoms with Crippen LogP contribution in [0.3, 0.4) is 0 Å². The van der Waals surface area contributed by atoms with E-state index >= 15 is 0 Å². The second kappa shape index (κ2) is 15.8. The molecule has 0 spiro atoms. The van der Waals surface area contributed by atoms with Gasteiger partial charge in [-0.2, -0.15) is 0 Å². The topological polar surface area (TPSA) is 8.17 Å². The standard InChI is InChI=1S/C62H42N2/c1-4-16-43(17-5-1)44-28-30-46(31-29-44)61-54-23-10-12-25-56(54)62(57-26-13-11-24-55(57)61)47-34-39-52(40-35-47)64-59-27-15-14-22-53(59)58-42-48(36-41-60(58)64)45-32-37-51(38-33-45)63(49-18-6-2-7-19-49)50-20-8-3-9-21-50/h1-42H. The molecule has 12 rings (SSSR count). The van der Waals surface area contributed by atoms with Crippen LogP contribution in [0.1, 0.15) is 0 Å². The lowest BCUT2D eigenvalue weighted by molar-refractivity contribution is 1.18. The summed E-state index contributed by atoms with van der Waals surface area (Å²) in [5, 5.41) is 7.49. The fraction of sp³-hybridized carbons (Fsp3) is 0. The SMILES string of the molecule is c1ccc(-c2ccc(-c3c4ccccc4c(-c4ccc(-n5c6ccccc6c6cc(-c7ccc(N(c8ccccc8)c8ccccc8)cc7)ccc65)cc4)c4ccccc34)cc2)cc1. The van der Waals surface area contributed by atoms with Crippen molar-refractivity contribution in [3.63, 3.8) is 0 Å². The highest BCUT2D eigenvalue weighted by atomic mass is 15.1. The van der Waals surface area contributed by atoms with E-state index in [1.165, 1.54) is 87.9 Å². The fourth-order valence-corrected chi connectivity index (χ4v) is 9.82. The first-order valence-corrected chi connectivity index (χ1v) is 22.0. The van der Waals surface area contributed by atoms with Crippen LogP contribution in [0.15, 0.2) is 255 Å². The number of hydrogen-bond acceptors (Lipinski definition) is 1. The van der Waals surface area contributed by atoms with Gasteiger partial charge in [0, 0.05) is 33.5 Å². The zero-order valence-electron chi connectivity index (χ0n) is 35.1. The molecule has 0 fully saturated rings. The average Bonchev–Trinajstić information content (AvgIpc) is 3.71. The number of hydrogen-bond donors (Lipinski definition) is 0. The molecular formula is C62H42N2. The van der Waals surface area contributed by atoms with Crippen LogP contribution in [0.5, 0.6) is 0 Å². The molecule has 0 saturated heterocycles. The largest absolute Gasteiger partial charge is 0.311 e. The van der Waals surface area contributed by atoms with Gasteiger partial charge >= 0.3 is 0 Å². The van der Waals surface area contributed by atoms with Crippen molar-refractivity contribution >= 4 is 60.4 Å². The van der Waals surface area contributed by atoms with Crippen molar-refractivity contribution in [1.29, 1.82) is 0 Å². The van der Waals surface area contributed by atoms with E-state index in [-0.39, 0.29) is 0 Å². The lowest BCUT2D eigenvalue weighted by atomic mass is 9.85. The van der Waals surface area contributed by atoms with Crippen molar-refractivity contribution < 1.29 is 0 Å². The molecule has 0 radical (unpaired) electrons. The van der Waals surface area contributed by atoms with Gasteiger partial charge in [0.15, 0.2) is 0 Å². The van der Waals surface area contributed by atoms with E-state index in [0.29, 0.717) is 0 Å². The first-order valence-electron chi connectivity index (χ1n) is 22.0. The van der Waals surface area contributed by atoms with Crippen LogP contribution < -0.4 is 4.90 Å². The van der Waals surface area contributed by atoms with Gasteiger partial charge in [-0.1, -0.05) is 188 Å². The van der Waals surface area contributed by atoms with E-state index in [1.807, 2.05) is 0 Å². The number of para-hydroxylation sites is 3. The molecule has 2 heteroatoms. The zero-order valence-corrected chi connectivity index (χ0v) is 35.1. The van der Waals surface area contributed by atoms with Crippen LogP contribution in [-0.2, 0) is 0 Å². The predicted molar refractivity (Wildman–Crippen MR) is 272 cm³/mol. The summed E-state index contributed by atoms with van der Waals surface area (Å²) in [7, 11) is 0. The van der Waals surface area contributed by atoms with E-state index in [0.717, 1.165) is 22.7 Å². The summed E-state index contributed by atoms with van der Waals surface area (Å²) in [6.45, 7) is 0. The monoisotopic (exact) mass is 814 g/mol. The van der Waals surface area contributed by atoms with Gasteiger partial charge < -0.3 is 9.47 Å². The van der Waals surface area contributed by atoms with Crippen LogP contribution in [0, 0.1) is 0 Å². The minimum atomic E-state index is 1.12. The highest BCUT2D eigenvalue weighted by molar-refractivity contribution is 6.21. The maximum atomic E-state index is 2.41. The molecule has 0 atom stereocenters. The molecule has 0 bridgehead atoms. The van der Waals surface area contributed by atoms with Crippen molar-refractivity contribution in [3.05, 3.63) is 255 Å². The minimum absolute atomic E-state index is 1.12. The molecule has 2 nitrogen and oxygen atoms in total. The Labute approximate surface area is 373 Å². The third-order valence-electron chi connectivity index (χ3n) is 12.8. The molecule has 0 aliphatic carbocycles. The number of anilines is 3. The Kier molecular flexibility index (Phi) is 9.20. The molecule has 300 valence electrons. The van der Waals surface area contributed by atoms with E-state index in [4.69, 9.17) is 0 Å². The summed E-state index contributed by atoms with van der Waals surface area (Å²) in [6, 6.07) is 92.5. The number of fused-ring (bicyclic) bond motifs is 5. The maximum absolute atomic E-state index is 2.41. The smallest absolute Gasteiger partial charge is 0.0541 e. The van der Waals surface area contributed by atoms with Crippen LogP contribution in [0.25, 0.3) is 93.5 Å². The number of benzene rings is 11. The van der Waals surface area contributed by atoms with Crippen LogP contribution in [0.4, 0.5) is 17.1 Å². The average molecular weight is 815 g/mol. The summed E-state index contributed by atoms with van der Waals surface area (Å²) in [5.41, 5.74) is 16.7. The lowest BCUT2D eigenvalue weighted by Gasteiger charge is -2.25. The van der Waals surface area contributed by atoms with E-state index in [2.05, 4.69) is 264 Å². The van der Waals surface area contributed by atoms with Gasteiger partial charge in [0.2, 0.25) is 0 Å². The Bertz CT molecular complexity index is 3510. The molecular weight excluding hydrogens is 773 g/mol. The molecule has 12 aromatic rings. The summed E-state index contributed by atoms with van der Waals surface area (Å²) in [5.74, 6) is 0. The van der Waals surface area contributed by atoms with Gasteiger partial charge in [0.25, 0.3) is 0 Å². The second-order valence-corrected chi connectivity index (χ2v) is 16.5. The molecule has 64 heavy (non-hydrogen) atoms. The molecule has 0 unspecified atom stereocenters. The minimum Gasteiger partial charge on any atom is -0.311 e. The molecule has 0 saturated carbocycles. The normalized spacial score (nSPS) is 11.4. The van der Waals surface area contributed by atoms with E-state index in [9.17, 15) is 0 Å². The van der Waals surface area contributed by atoms with Crippen LogP contribution in [-0.4, -0.2) is 4.57 Å².